The molecule has 8 nitrogen and oxygen atoms in total. The van der Waals surface area contributed by atoms with Gasteiger partial charge in [-0.15, -0.1) is 0 Å². The molecule has 0 atom stereocenters. The van der Waals surface area contributed by atoms with E-state index in [1.165, 1.54) is 0 Å². The Balaban J connectivity index is 8.98. The molecule has 0 spiro atoms. The first-order valence-corrected chi connectivity index (χ1v) is 23.1. The Labute approximate surface area is 303 Å². The Morgan fingerprint density at radius 2 is 0.327 bits per heavy atom. The monoisotopic (exact) mass is 755 g/mol. The van der Waals surface area contributed by atoms with Gasteiger partial charge in [-0.05, 0) is 0 Å². The van der Waals surface area contributed by atoms with Gasteiger partial charge in [0.15, 0.2) is 0 Å². The van der Waals surface area contributed by atoms with Crippen molar-refractivity contribution in [3.05, 3.63) is 0 Å². The van der Waals surface area contributed by atoms with Crippen molar-refractivity contribution < 1.29 is 41.9 Å². The summed E-state index contributed by atoms with van der Waals surface area (Å²) in [6.07, 6.45) is 5.17. The molecule has 0 aromatic heterocycles. The van der Waals surface area contributed by atoms with Crippen molar-refractivity contribution in [2.75, 3.05) is 52.9 Å². The van der Waals surface area contributed by atoms with Gasteiger partial charge in [0.2, 0.25) is 0 Å². The maximum atomic E-state index is 7.53. The molecule has 0 N–H and O–H groups in total. The van der Waals surface area contributed by atoms with Crippen LogP contribution in [0.1, 0.15) is 162 Å². The van der Waals surface area contributed by atoms with Crippen molar-refractivity contribution in [3.63, 3.8) is 0 Å². The van der Waals surface area contributed by atoms with Crippen LogP contribution >= 0.6 is 0 Å². The second-order valence-electron chi connectivity index (χ2n) is 17.3. The zero-order valence-corrected chi connectivity index (χ0v) is 36.5. The molecule has 0 bridgehead atoms. The Morgan fingerprint density at radius 1 is 0.224 bits per heavy atom. The molecule has 0 saturated heterocycles. The average molecular weight is 756 g/mol. The second-order valence-corrected chi connectivity index (χ2v) is 24.2. The first kappa shape index (κ1) is 49.2. The van der Waals surface area contributed by atoms with Crippen LogP contribution in [0.4, 0.5) is 0 Å². The Bertz CT molecular complexity index is 693. The Morgan fingerprint density at radius 3 is 0.408 bits per heavy atom. The van der Waals surface area contributed by atoms with Gasteiger partial charge in [-0.2, -0.15) is 0 Å². The third kappa shape index (κ3) is 13.2. The summed E-state index contributed by atoms with van der Waals surface area (Å²) in [6.45, 7) is 35.6. The minimum atomic E-state index is -8.14. The van der Waals surface area contributed by atoms with Crippen LogP contribution in [0.25, 0.3) is 0 Å². The third-order valence-electron chi connectivity index (χ3n) is 8.17. The van der Waals surface area contributed by atoms with Crippen LogP contribution in [-0.4, -0.2) is 52.9 Å². The molecule has 49 heavy (non-hydrogen) atoms. The fourth-order valence-electron chi connectivity index (χ4n) is 4.40. The van der Waals surface area contributed by atoms with Crippen LogP contribution in [0.5, 0.6) is 0 Å². The van der Waals surface area contributed by atoms with Gasteiger partial charge in [0.1, 0.15) is 0 Å². The van der Waals surface area contributed by atoms with Crippen molar-refractivity contribution in [2.24, 2.45) is 47.3 Å². The summed E-state index contributed by atoms with van der Waals surface area (Å²) in [5, 5.41) is 0. The van der Waals surface area contributed by atoms with Crippen LogP contribution < -0.4 is 0 Å². The summed E-state index contributed by atoms with van der Waals surface area (Å²) in [6, 6.07) is 0. The van der Waals surface area contributed by atoms with Gasteiger partial charge in [-0.1, -0.05) is 0 Å². The van der Waals surface area contributed by atoms with Crippen molar-refractivity contribution in [2.45, 2.75) is 162 Å². The molecular weight excluding hydrogens is 667 g/mol. The minimum absolute atomic E-state index is 0.114. The Hall–Kier alpha value is 0.174. The van der Waals surface area contributed by atoms with Crippen LogP contribution in [0.15, 0.2) is 0 Å². The molecule has 0 rings (SSSR count). The molecule has 306 valence electrons. The van der Waals surface area contributed by atoms with E-state index in [1.54, 1.807) is 0 Å². The molecule has 0 amide bonds. The quantitative estimate of drug-likeness (QED) is 0.0629. The van der Waals surface area contributed by atoms with Crippen molar-refractivity contribution in [1.29, 1.82) is 0 Å². The molecule has 0 heterocycles. The molecular formula is C40H88NiO8. The third-order valence-corrected chi connectivity index (χ3v) is 16.3. The van der Waals surface area contributed by atoms with E-state index in [-0.39, 0.29) is 100 Å². The van der Waals surface area contributed by atoms with E-state index >= 15 is 0 Å². The van der Waals surface area contributed by atoms with E-state index in [2.05, 4.69) is 111 Å². The van der Waals surface area contributed by atoms with Gasteiger partial charge in [0.25, 0.3) is 0 Å². The molecule has 0 saturated carbocycles. The summed E-state index contributed by atoms with van der Waals surface area (Å²) in [5.41, 5.74) is 0. The number of hydrogen-bond donors (Lipinski definition) is 0. The summed E-state index contributed by atoms with van der Waals surface area (Å²) in [5.74, 6) is 2.27. The van der Waals surface area contributed by atoms with Gasteiger partial charge in [0, 0.05) is 0 Å². The fraction of sp³-hybridized carbons (Fsp3) is 1.00. The molecule has 0 radical (unpaired) electrons. The van der Waals surface area contributed by atoms with Gasteiger partial charge >= 0.3 is 304 Å². The van der Waals surface area contributed by atoms with E-state index in [0.717, 1.165) is 0 Å². The summed E-state index contributed by atoms with van der Waals surface area (Å²) in [4.78, 5) is 0. The van der Waals surface area contributed by atoms with Crippen LogP contribution in [0.3, 0.4) is 0 Å². The number of hydrogen-bond acceptors (Lipinski definition) is 8. The predicted molar refractivity (Wildman–Crippen MR) is 203 cm³/mol. The average Bonchev–Trinajstić information content (AvgIpc) is 2.92. The zero-order chi connectivity index (χ0) is 37.9. The molecule has 9 heteroatoms. The van der Waals surface area contributed by atoms with Gasteiger partial charge in [-0.25, -0.2) is 0 Å². The van der Waals surface area contributed by atoms with Crippen LogP contribution in [0, 0.1) is 47.3 Å². The van der Waals surface area contributed by atoms with Crippen molar-refractivity contribution in [1.82, 2.24) is 0 Å². The first-order chi connectivity index (χ1) is 22.5. The van der Waals surface area contributed by atoms with Crippen molar-refractivity contribution in [3.8, 4) is 0 Å². The molecule has 0 unspecified atom stereocenters. The van der Waals surface area contributed by atoms with Gasteiger partial charge in [0.05, 0.1) is 0 Å². The summed E-state index contributed by atoms with van der Waals surface area (Å²) in [7, 11) is -8.14. The van der Waals surface area contributed by atoms with Crippen molar-refractivity contribution >= 4 is 0 Å². The SMILES string of the molecule is CC(C)CC[O][Ni]([O]CCC(C)C)([O]CCC(C)C)([O]CCC(C)C)([O]CCC(C)C)([O]CCC(C)C)([O]CCC(C)C)[O]CCC(C)C. The molecule has 0 aliphatic carbocycles. The molecule has 0 fully saturated rings. The molecule has 0 aromatic carbocycles. The van der Waals surface area contributed by atoms with Crippen LogP contribution in [0.2, 0.25) is 0 Å². The predicted octanol–water partition coefficient (Wildman–Crippen LogP) is 12.1. The Kier molecular flexibility index (Phi) is 18.5. The van der Waals surface area contributed by atoms with Gasteiger partial charge in [-0.3, -0.25) is 0 Å². The number of rotatable bonds is 32. The van der Waals surface area contributed by atoms with E-state index in [4.69, 9.17) is 31.0 Å². The normalized spacial score (nSPS) is 16.5. The fourth-order valence-corrected chi connectivity index (χ4v) is 12.2. The summed E-state index contributed by atoms with van der Waals surface area (Å²) >= 11 is 0. The first-order valence-electron chi connectivity index (χ1n) is 19.8. The topological polar surface area (TPSA) is 73.8 Å². The van der Waals surface area contributed by atoms with Crippen LogP contribution in [-0.2, 0) is 41.9 Å². The van der Waals surface area contributed by atoms with E-state index in [1.807, 2.05) is 0 Å². The van der Waals surface area contributed by atoms with Gasteiger partial charge < -0.3 is 0 Å². The van der Waals surface area contributed by atoms with E-state index in [9.17, 15) is 0 Å². The second kappa shape index (κ2) is 18.5. The maximum absolute atomic E-state index is 8.14. The standard InChI is InChI=1S/8C5H11O.Ni/c8*1-5(2)3-4-6;/h8*5H,3-4H2,1-2H3;/q8*-1;+8. The summed E-state index contributed by atoms with van der Waals surface area (Å²) < 4.78 is 60.2. The van der Waals surface area contributed by atoms with E-state index in [0.29, 0.717) is 51.4 Å². The molecule has 0 aliphatic heterocycles. The molecule has 0 aliphatic rings. The van der Waals surface area contributed by atoms with E-state index < -0.39 is 10.9 Å². The molecule has 0 aromatic rings. The zero-order valence-electron chi connectivity index (χ0n) is 35.5.